The maximum Gasteiger partial charge on any atom is 0.153 e. The lowest BCUT2D eigenvalue weighted by molar-refractivity contribution is 0.357. The molecular formula is C13H14N2O2. The molecule has 1 atom stereocenters. The Kier molecular flexibility index (Phi) is 2.37. The zero-order valence-electron chi connectivity index (χ0n) is 9.64. The second kappa shape index (κ2) is 3.89. The Hall–Kier alpha value is -1.81. The van der Waals surface area contributed by atoms with Gasteiger partial charge in [-0.1, -0.05) is 5.16 Å². The molecule has 1 aromatic heterocycles. The molecule has 0 spiro atoms. The Bertz CT molecular complexity index is 546. The summed E-state index contributed by atoms with van der Waals surface area (Å²) in [5.41, 5.74) is 8.84. The number of fused-ring (bicyclic) bond motifs is 1. The summed E-state index contributed by atoms with van der Waals surface area (Å²) in [7, 11) is 0. The van der Waals surface area contributed by atoms with Gasteiger partial charge in [-0.3, -0.25) is 0 Å². The minimum Gasteiger partial charge on any atom is -0.493 e. The van der Waals surface area contributed by atoms with Crippen LogP contribution < -0.4 is 10.5 Å². The van der Waals surface area contributed by atoms with Crippen LogP contribution in [0.5, 0.6) is 5.75 Å². The first-order chi connectivity index (χ1) is 8.24. The summed E-state index contributed by atoms with van der Waals surface area (Å²) < 4.78 is 10.7. The Balaban J connectivity index is 1.97. The molecule has 17 heavy (non-hydrogen) atoms. The smallest absolute Gasteiger partial charge is 0.153 e. The molecule has 0 aliphatic carbocycles. The fourth-order valence-electron chi connectivity index (χ4n) is 1.99. The van der Waals surface area contributed by atoms with Crippen molar-refractivity contribution in [2.75, 3.05) is 6.61 Å². The molecular weight excluding hydrogens is 216 g/mol. The van der Waals surface area contributed by atoms with E-state index in [-0.39, 0.29) is 6.04 Å². The summed E-state index contributed by atoms with van der Waals surface area (Å²) in [5.74, 6) is 1.68. The van der Waals surface area contributed by atoms with E-state index in [9.17, 15) is 0 Å². The molecule has 0 bridgehead atoms. The molecule has 0 saturated heterocycles. The third kappa shape index (κ3) is 1.80. The number of hydrogen-bond donors (Lipinski definition) is 1. The highest BCUT2D eigenvalue weighted by atomic mass is 16.5. The fraction of sp³-hybridized carbons (Fsp3) is 0.308. The zero-order valence-corrected chi connectivity index (χ0v) is 9.64. The van der Waals surface area contributed by atoms with Gasteiger partial charge in [0.25, 0.3) is 0 Å². The first kappa shape index (κ1) is 10.4. The molecule has 4 nitrogen and oxygen atoms in total. The molecule has 1 aliphatic heterocycles. The number of nitrogens with two attached hydrogens (primary N) is 1. The second-order valence-electron chi connectivity index (χ2n) is 4.32. The normalized spacial score (nSPS) is 15.4. The van der Waals surface area contributed by atoms with Gasteiger partial charge in [-0.2, -0.15) is 0 Å². The predicted octanol–water partition coefficient (Wildman–Crippen LogP) is 2.30. The summed E-state index contributed by atoms with van der Waals surface area (Å²) in [5, 5.41) is 4.04. The van der Waals surface area contributed by atoms with E-state index in [0.29, 0.717) is 5.76 Å². The molecule has 2 aromatic rings. The number of hydrogen-bond acceptors (Lipinski definition) is 4. The SMILES string of the molecule is CC(N)c1cc(-c2ccc3c(c2)CCO3)no1. The lowest BCUT2D eigenvalue weighted by atomic mass is 10.1. The predicted molar refractivity (Wildman–Crippen MR) is 63.7 cm³/mol. The number of rotatable bonds is 2. The molecule has 0 amide bonds. The number of benzene rings is 1. The number of ether oxygens (including phenoxy) is 1. The van der Waals surface area contributed by atoms with E-state index in [1.807, 2.05) is 25.1 Å². The van der Waals surface area contributed by atoms with Crippen molar-refractivity contribution >= 4 is 0 Å². The minimum absolute atomic E-state index is 0.131. The van der Waals surface area contributed by atoms with Gasteiger partial charge in [0.1, 0.15) is 11.4 Å². The van der Waals surface area contributed by atoms with Crippen molar-refractivity contribution in [1.82, 2.24) is 5.16 Å². The molecule has 3 rings (SSSR count). The highest BCUT2D eigenvalue weighted by Crippen LogP contribution is 2.30. The van der Waals surface area contributed by atoms with E-state index in [4.69, 9.17) is 15.0 Å². The van der Waals surface area contributed by atoms with E-state index in [0.717, 1.165) is 30.0 Å². The van der Waals surface area contributed by atoms with E-state index in [1.54, 1.807) is 0 Å². The summed E-state index contributed by atoms with van der Waals surface area (Å²) in [6.07, 6.45) is 0.959. The van der Waals surface area contributed by atoms with Crippen LogP contribution in [0.1, 0.15) is 24.3 Å². The number of nitrogens with zero attached hydrogens (tertiary/aromatic N) is 1. The van der Waals surface area contributed by atoms with E-state index >= 15 is 0 Å². The zero-order chi connectivity index (χ0) is 11.8. The lowest BCUT2D eigenvalue weighted by Crippen LogP contribution is -2.02. The molecule has 1 aromatic carbocycles. The van der Waals surface area contributed by atoms with Crippen LogP contribution in [-0.4, -0.2) is 11.8 Å². The van der Waals surface area contributed by atoms with Crippen molar-refractivity contribution in [2.45, 2.75) is 19.4 Å². The summed E-state index contributed by atoms with van der Waals surface area (Å²) in [4.78, 5) is 0. The molecule has 0 radical (unpaired) electrons. The molecule has 0 fully saturated rings. The van der Waals surface area contributed by atoms with Crippen LogP contribution in [0.4, 0.5) is 0 Å². The summed E-state index contributed by atoms with van der Waals surface area (Å²) in [6.45, 7) is 2.64. The average molecular weight is 230 g/mol. The second-order valence-corrected chi connectivity index (χ2v) is 4.32. The van der Waals surface area contributed by atoms with Crippen LogP contribution in [-0.2, 0) is 6.42 Å². The monoisotopic (exact) mass is 230 g/mol. The average Bonchev–Trinajstić information content (AvgIpc) is 2.97. The van der Waals surface area contributed by atoms with E-state index in [1.165, 1.54) is 5.56 Å². The quantitative estimate of drug-likeness (QED) is 0.859. The molecule has 2 N–H and O–H groups in total. The van der Waals surface area contributed by atoms with Gasteiger partial charge in [-0.25, -0.2) is 0 Å². The third-order valence-electron chi connectivity index (χ3n) is 2.96. The van der Waals surface area contributed by atoms with Gasteiger partial charge >= 0.3 is 0 Å². The van der Waals surface area contributed by atoms with Crippen molar-refractivity contribution in [3.8, 4) is 17.0 Å². The largest absolute Gasteiger partial charge is 0.493 e. The highest BCUT2D eigenvalue weighted by Gasteiger charge is 2.15. The van der Waals surface area contributed by atoms with Crippen molar-refractivity contribution in [1.29, 1.82) is 0 Å². The van der Waals surface area contributed by atoms with Crippen LogP contribution in [0, 0.1) is 0 Å². The molecule has 1 unspecified atom stereocenters. The van der Waals surface area contributed by atoms with E-state index < -0.39 is 0 Å². The van der Waals surface area contributed by atoms with Crippen molar-refractivity contribution in [2.24, 2.45) is 5.73 Å². The van der Waals surface area contributed by atoms with Crippen LogP contribution in [0.15, 0.2) is 28.8 Å². The maximum atomic E-state index is 5.74. The highest BCUT2D eigenvalue weighted by molar-refractivity contribution is 5.62. The lowest BCUT2D eigenvalue weighted by Gasteiger charge is -2.00. The van der Waals surface area contributed by atoms with Crippen LogP contribution in [0.2, 0.25) is 0 Å². The van der Waals surface area contributed by atoms with Gasteiger partial charge in [0.15, 0.2) is 5.76 Å². The summed E-state index contributed by atoms with van der Waals surface area (Å²) >= 11 is 0. The third-order valence-corrected chi connectivity index (χ3v) is 2.96. The van der Waals surface area contributed by atoms with E-state index in [2.05, 4.69) is 11.2 Å². The van der Waals surface area contributed by atoms with Gasteiger partial charge < -0.3 is 15.0 Å². The molecule has 2 heterocycles. The van der Waals surface area contributed by atoms with Crippen LogP contribution in [0.25, 0.3) is 11.3 Å². The minimum atomic E-state index is -0.131. The first-order valence-electron chi connectivity index (χ1n) is 5.72. The number of aromatic nitrogens is 1. The summed E-state index contributed by atoms with van der Waals surface area (Å²) in [6, 6.07) is 7.84. The fourth-order valence-corrected chi connectivity index (χ4v) is 1.99. The van der Waals surface area contributed by atoms with Crippen LogP contribution >= 0.6 is 0 Å². The standard InChI is InChI=1S/C13H14N2O2/c1-8(14)13-7-11(15-17-13)9-2-3-12-10(6-9)4-5-16-12/h2-3,6-8H,4-5,14H2,1H3. The molecule has 4 heteroatoms. The first-order valence-corrected chi connectivity index (χ1v) is 5.72. The Labute approximate surface area is 99.4 Å². The van der Waals surface area contributed by atoms with Crippen LogP contribution in [0.3, 0.4) is 0 Å². The molecule has 88 valence electrons. The van der Waals surface area contributed by atoms with Gasteiger partial charge in [-0.05, 0) is 30.7 Å². The Morgan fingerprint density at radius 2 is 2.24 bits per heavy atom. The Morgan fingerprint density at radius 1 is 1.35 bits per heavy atom. The molecule has 0 saturated carbocycles. The van der Waals surface area contributed by atoms with Crippen molar-refractivity contribution in [3.63, 3.8) is 0 Å². The molecule has 1 aliphatic rings. The van der Waals surface area contributed by atoms with Gasteiger partial charge in [0, 0.05) is 18.1 Å². The van der Waals surface area contributed by atoms with Gasteiger partial charge in [0.05, 0.1) is 12.6 Å². The van der Waals surface area contributed by atoms with Gasteiger partial charge in [0.2, 0.25) is 0 Å². The Morgan fingerprint density at radius 3 is 3.00 bits per heavy atom. The maximum absolute atomic E-state index is 5.74. The van der Waals surface area contributed by atoms with Crippen molar-refractivity contribution < 1.29 is 9.26 Å². The van der Waals surface area contributed by atoms with Gasteiger partial charge in [-0.15, -0.1) is 0 Å². The topological polar surface area (TPSA) is 61.3 Å². The van der Waals surface area contributed by atoms with Crippen molar-refractivity contribution in [3.05, 3.63) is 35.6 Å².